The molecule has 2 aromatic carbocycles. The molecule has 2 amide bonds. The van der Waals surface area contributed by atoms with Gasteiger partial charge in [0, 0.05) is 6.07 Å². The molecule has 0 saturated carbocycles. The third-order valence-corrected chi connectivity index (χ3v) is 3.62. The Morgan fingerprint density at radius 1 is 1.04 bits per heavy atom. The van der Waals surface area contributed by atoms with Crippen LogP contribution in [0.4, 0.5) is 14.5 Å². The first-order valence-corrected chi connectivity index (χ1v) is 7.56. The molecule has 24 heavy (non-hydrogen) atoms. The van der Waals surface area contributed by atoms with Gasteiger partial charge in [-0.15, -0.1) is 0 Å². The van der Waals surface area contributed by atoms with E-state index in [1.54, 1.807) is 6.92 Å². The number of carbonyl (C=O) groups excluding carboxylic acids is 2. The second-order valence-corrected chi connectivity index (χ2v) is 5.37. The van der Waals surface area contributed by atoms with Crippen molar-refractivity contribution in [2.75, 3.05) is 5.32 Å². The first kappa shape index (κ1) is 17.6. The molecule has 0 saturated heterocycles. The summed E-state index contributed by atoms with van der Waals surface area (Å²) >= 11 is 0. The second-order valence-electron chi connectivity index (χ2n) is 5.37. The molecule has 1 atom stereocenters. The topological polar surface area (TPSA) is 58.2 Å². The maximum Gasteiger partial charge on any atom is 0.313 e. The minimum atomic E-state index is -1.02. The van der Waals surface area contributed by atoms with E-state index in [-0.39, 0.29) is 11.7 Å². The monoisotopic (exact) mass is 332 g/mol. The molecular formula is C18H18F2N2O2. The van der Waals surface area contributed by atoms with E-state index in [0.717, 1.165) is 24.1 Å². The van der Waals surface area contributed by atoms with Gasteiger partial charge in [0.15, 0.2) is 0 Å². The minimum absolute atomic E-state index is 0.253. The number of aryl methyl sites for hydroxylation is 1. The third kappa shape index (κ3) is 4.38. The molecule has 0 fully saturated rings. The van der Waals surface area contributed by atoms with E-state index in [1.165, 1.54) is 5.56 Å². The van der Waals surface area contributed by atoms with Gasteiger partial charge in [-0.25, -0.2) is 8.78 Å². The number of carbonyl (C=O) groups is 2. The van der Waals surface area contributed by atoms with Crippen molar-refractivity contribution in [2.24, 2.45) is 0 Å². The molecule has 4 nitrogen and oxygen atoms in total. The molecule has 0 spiro atoms. The fourth-order valence-electron chi connectivity index (χ4n) is 2.16. The molecule has 2 rings (SSSR count). The Balaban J connectivity index is 1.98. The fourth-order valence-corrected chi connectivity index (χ4v) is 2.16. The molecule has 0 aliphatic rings. The number of halogens is 2. The summed E-state index contributed by atoms with van der Waals surface area (Å²) in [7, 11) is 0. The lowest BCUT2D eigenvalue weighted by molar-refractivity contribution is -0.136. The lowest BCUT2D eigenvalue weighted by Crippen LogP contribution is -2.37. The Labute approximate surface area is 138 Å². The van der Waals surface area contributed by atoms with E-state index in [4.69, 9.17) is 0 Å². The van der Waals surface area contributed by atoms with Gasteiger partial charge in [0.25, 0.3) is 0 Å². The molecule has 1 unspecified atom stereocenters. The predicted molar refractivity (Wildman–Crippen MR) is 87.4 cm³/mol. The maximum absolute atomic E-state index is 13.5. The van der Waals surface area contributed by atoms with Crippen LogP contribution in [0.15, 0.2) is 42.5 Å². The Bertz CT molecular complexity index is 745. The summed E-state index contributed by atoms with van der Waals surface area (Å²) in [5.41, 5.74) is 1.76. The number of amides is 2. The van der Waals surface area contributed by atoms with Crippen molar-refractivity contribution in [3.05, 3.63) is 65.2 Å². The van der Waals surface area contributed by atoms with Gasteiger partial charge < -0.3 is 10.6 Å². The molecule has 0 aromatic heterocycles. The molecule has 2 N–H and O–H groups in total. The minimum Gasteiger partial charge on any atom is -0.341 e. The summed E-state index contributed by atoms with van der Waals surface area (Å²) < 4.78 is 26.3. The van der Waals surface area contributed by atoms with E-state index in [9.17, 15) is 18.4 Å². The van der Waals surface area contributed by atoms with Gasteiger partial charge in [-0.2, -0.15) is 0 Å². The molecule has 6 heteroatoms. The van der Waals surface area contributed by atoms with Crippen molar-refractivity contribution in [3.63, 3.8) is 0 Å². The van der Waals surface area contributed by atoms with E-state index in [0.29, 0.717) is 6.07 Å². The summed E-state index contributed by atoms with van der Waals surface area (Å²) in [5, 5.41) is 4.66. The van der Waals surface area contributed by atoms with Crippen LogP contribution in [-0.2, 0) is 16.0 Å². The zero-order valence-corrected chi connectivity index (χ0v) is 13.4. The van der Waals surface area contributed by atoms with E-state index >= 15 is 0 Å². The van der Waals surface area contributed by atoms with Crippen molar-refractivity contribution in [3.8, 4) is 0 Å². The summed E-state index contributed by atoms with van der Waals surface area (Å²) in [4.78, 5) is 23.7. The van der Waals surface area contributed by atoms with Gasteiger partial charge in [0.05, 0.1) is 11.7 Å². The largest absolute Gasteiger partial charge is 0.341 e. The highest BCUT2D eigenvalue weighted by Crippen LogP contribution is 2.16. The van der Waals surface area contributed by atoms with E-state index in [2.05, 4.69) is 10.6 Å². The van der Waals surface area contributed by atoms with Crippen LogP contribution in [0.25, 0.3) is 0 Å². The fraction of sp³-hybridized carbons (Fsp3) is 0.222. The molecular weight excluding hydrogens is 314 g/mol. The standard InChI is InChI=1S/C18H18F2N2O2/c1-3-12-4-6-13(7-5-12)11(2)21-17(23)18(24)22-16-9-8-14(19)10-15(16)20/h4-11H,3H2,1-2H3,(H,21,23)(H,22,24). The van der Waals surface area contributed by atoms with Crippen LogP contribution < -0.4 is 10.6 Å². The molecule has 0 radical (unpaired) electrons. The lowest BCUT2D eigenvalue weighted by Gasteiger charge is -2.14. The Morgan fingerprint density at radius 2 is 1.71 bits per heavy atom. The maximum atomic E-state index is 13.5. The highest BCUT2D eigenvalue weighted by Gasteiger charge is 2.18. The molecule has 0 aliphatic carbocycles. The summed E-state index contributed by atoms with van der Waals surface area (Å²) in [6, 6.07) is 9.95. The Morgan fingerprint density at radius 3 is 2.29 bits per heavy atom. The second kappa shape index (κ2) is 7.68. The van der Waals surface area contributed by atoms with Gasteiger partial charge in [-0.05, 0) is 36.6 Å². The SMILES string of the molecule is CCc1ccc(C(C)NC(=O)C(=O)Nc2ccc(F)cc2F)cc1. The van der Waals surface area contributed by atoms with Crippen LogP contribution in [0, 0.1) is 11.6 Å². The van der Waals surface area contributed by atoms with Crippen molar-refractivity contribution in [1.29, 1.82) is 0 Å². The van der Waals surface area contributed by atoms with Gasteiger partial charge in [0.1, 0.15) is 11.6 Å². The average molecular weight is 332 g/mol. The summed E-state index contributed by atoms with van der Waals surface area (Å²) in [5.74, 6) is -3.62. The van der Waals surface area contributed by atoms with Crippen molar-refractivity contribution >= 4 is 17.5 Å². The molecule has 0 heterocycles. The molecule has 0 aliphatic heterocycles. The zero-order chi connectivity index (χ0) is 17.7. The smallest absolute Gasteiger partial charge is 0.313 e. The highest BCUT2D eigenvalue weighted by atomic mass is 19.1. The van der Waals surface area contributed by atoms with Crippen molar-refractivity contribution in [1.82, 2.24) is 5.32 Å². The predicted octanol–water partition coefficient (Wildman–Crippen LogP) is 3.34. The van der Waals surface area contributed by atoms with Crippen molar-refractivity contribution in [2.45, 2.75) is 26.3 Å². The van der Waals surface area contributed by atoms with Gasteiger partial charge >= 0.3 is 11.8 Å². The van der Waals surface area contributed by atoms with Crippen molar-refractivity contribution < 1.29 is 18.4 Å². The number of anilines is 1. The first-order chi connectivity index (χ1) is 11.4. The van der Waals surface area contributed by atoms with Gasteiger partial charge in [0.2, 0.25) is 0 Å². The number of benzene rings is 2. The Hall–Kier alpha value is -2.76. The molecule has 126 valence electrons. The van der Waals surface area contributed by atoms with Gasteiger partial charge in [-0.1, -0.05) is 31.2 Å². The highest BCUT2D eigenvalue weighted by molar-refractivity contribution is 6.39. The number of hydrogen-bond donors (Lipinski definition) is 2. The van der Waals surface area contributed by atoms with E-state index in [1.807, 2.05) is 31.2 Å². The third-order valence-electron chi connectivity index (χ3n) is 3.62. The molecule has 0 bridgehead atoms. The average Bonchev–Trinajstić information content (AvgIpc) is 2.57. The summed E-state index contributed by atoms with van der Waals surface area (Å²) in [6.07, 6.45) is 0.909. The van der Waals surface area contributed by atoms with Gasteiger partial charge in [-0.3, -0.25) is 9.59 Å². The van der Waals surface area contributed by atoms with Crippen LogP contribution in [0.5, 0.6) is 0 Å². The molecule has 2 aromatic rings. The van der Waals surface area contributed by atoms with Crippen LogP contribution in [0.2, 0.25) is 0 Å². The zero-order valence-electron chi connectivity index (χ0n) is 13.4. The Kier molecular flexibility index (Phi) is 5.63. The summed E-state index contributed by atoms with van der Waals surface area (Å²) in [6.45, 7) is 3.78. The quantitative estimate of drug-likeness (QED) is 0.844. The normalized spacial score (nSPS) is 11.7. The first-order valence-electron chi connectivity index (χ1n) is 7.56. The van der Waals surface area contributed by atoms with Crippen LogP contribution in [0.1, 0.15) is 31.0 Å². The number of rotatable bonds is 4. The van der Waals surface area contributed by atoms with Crippen LogP contribution >= 0.6 is 0 Å². The lowest BCUT2D eigenvalue weighted by atomic mass is 10.1. The van der Waals surface area contributed by atoms with Crippen LogP contribution in [0.3, 0.4) is 0 Å². The van der Waals surface area contributed by atoms with E-state index < -0.39 is 23.4 Å². The van der Waals surface area contributed by atoms with Crippen LogP contribution in [-0.4, -0.2) is 11.8 Å². The number of hydrogen-bond acceptors (Lipinski definition) is 2. The number of nitrogens with one attached hydrogen (secondary N) is 2.